The van der Waals surface area contributed by atoms with Gasteiger partial charge in [0.2, 0.25) is 0 Å². The van der Waals surface area contributed by atoms with Crippen LogP contribution in [-0.2, 0) is 11.3 Å². The maximum Gasteiger partial charge on any atom is 0.269 e. The minimum Gasteiger partial charge on any atom is -0.380 e. The van der Waals surface area contributed by atoms with Gasteiger partial charge in [-0.1, -0.05) is 23.7 Å². The molecule has 0 saturated carbocycles. The SMILES string of the molecule is COCc1cccc(C(=O)NNC(=O)c2ccc(Cl)cc2)c1. The molecular weight excluding hydrogens is 304 g/mol. The zero-order valence-corrected chi connectivity index (χ0v) is 12.7. The first-order valence-electron chi connectivity index (χ1n) is 6.54. The van der Waals surface area contributed by atoms with Crippen LogP contribution in [0.1, 0.15) is 26.3 Å². The van der Waals surface area contributed by atoms with E-state index in [1.807, 2.05) is 6.07 Å². The summed E-state index contributed by atoms with van der Waals surface area (Å²) in [7, 11) is 1.58. The van der Waals surface area contributed by atoms with Crippen LogP contribution in [0.4, 0.5) is 0 Å². The van der Waals surface area contributed by atoms with Gasteiger partial charge in [-0.2, -0.15) is 0 Å². The summed E-state index contributed by atoms with van der Waals surface area (Å²) in [6.45, 7) is 0.415. The number of halogens is 1. The van der Waals surface area contributed by atoms with Crippen molar-refractivity contribution < 1.29 is 14.3 Å². The number of hydrogen-bond donors (Lipinski definition) is 2. The first-order chi connectivity index (χ1) is 10.6. The maximum atomic E-state index is 12.0. The fraction of sp³-hybridized carbons (Fsp3) is 0.125. The van der Waals surface area contributed by atoms with Crippen molar-refractivity contribution in [1.29, 1.82) is 0 Å². The minimum atomic E-state index is -0.418. The van der Waals surface area contributed by atoms with Gasteiger partial charge in [-0.15, -0.1) is 0 Å². The van der Waals surface area contributed by atoms with Gasteiger partial charge in [0.05, 0.1) is 6.61 Å². The van der Waals surface area contributed by atoms with E-state index in [1.165, 1.54) is 0 Å². The lowest BCUT2D eigenvalue weighted by atomic mass is 10.1. The lowest BCUT2D eigenvalue weighted by molar-refractivity contribution is 0.0846. The van der Waals surface area contributed by atoms with Crippen molar-refractivity contribution in [2.45, 2.75) is 6.61 Å². The Labute approximate surface area is 133 Å². The number of benzene rings is 2. The lowest BCUT2D eigenvalue weighted by Crippen LogP contribution is -2.41. The molecule has 0 aliphatic carbocycles. The highest BCUT2D eigenvalue weighted by molar-refractivity contribution is 6.30. The molecule has 0 aliphatic heterocycles. The normalized spacial score (nSPS) is 10.1. The van der Waals surface area contributed by atoms with Gasteiger partial charge < -0.3 is 4.74 Å². The minimum absolute atomic E-state index is 0.401. The predicted molar refractivity (Wildman–Crippen MR) is 83.5 cm³/mol. The van der Waals surface area contributed by atoms with Crippen LogP contribution in [0.2, 0.25) is 5.02 Å². The smallest absolute Gasteiger partial charge is 0.269 e. The molecule has 0 unspecified atom stereocenters. The van der Waals surface area contributed by atoms with Crippen LogP contribution in [0, 0.1) is 0 Å². The second-order valence-corrected chi connectivity index (χ2v) is 4.98. The Hall–Kier alpha value is -2.37. The molecule has 2 N–H and O–H groups in total. The van der Waals surface area contributed by atoms with Crippen LogP contribution in [0.25, 0.3) is 0 Å². The van der Waals surface area contributed by atoms with Crippen molar-refractivity contribution in [2.24, 2.45) is 0 Å². The van der Waals surface area contributed by atoms with Crippen LogP contribution in [-0.4, -0.2) is 18.9 Å². The molecule has 0 heterocycles. The Morgan fingerprint density at radius 3 is 2.27 bits per heavy atom. The van der Waals surface area contributed by atoms with Gasteiger partial charge in [-0.3, -0.25) is 20.4 Å². The van der Waals surface area contributed by atoms with Gasteiger partial charge in [0.15, 0.2) is 0 Å². The van der Waals surface area contributed by atoms with Crippen LogP contribution < -0.4 is 10.9 Å². The number of hydrazine groups is 1. The number of carbonyl (C=O) groups excluding carboxylic acids is 2. The first-order valence-corrected chi connectivity index (χ1v) is 6.92. The number of rotatable bonds is 4. The number of carbonyl (C=O) groups is 2. The van der Waals surface area contributed by atoms with Crippen molar-refractivity contribution in [1.82, 2.24) is 10.9 Å². The lowest BCUT2D eigenvalue weighted by Gasteiger charge is -2.08. The van der Waals surface area contributed by atoms with Gasteiger partial charge in [0.1, 0.15) is 0 Å². The van der Waals surface area contributed by atoms with E-state index >= 15 is 0 Å². The third-order valence-corrected chi connectivity index (χ3v) is 3.15. The monoisotopic (exact) mass is 318 g/mol. The number of amides is 2. The maximum absolute atomic E-state index is 12.0. The number of nitrogens with one attached hydrogen (secondary N) is 2. The molecule has 22 heavy (non-hydrogen) atoms. The van der Waals surface area contributed by atoms with E-state index in [-0.39, 0.29) is 0 Å². The molecule has 0 saturated heterocycles. The number of ether oxygens (including phenoxy) is 1. The molecule has 0 spiro atoms. The second kappa shape index (κ2) is 7.59. The average Bonchev–Trinajstić information content (AvgIpc) is 2.53. The highest BCUT2D eigenvalue weighted by atomic mass is 35.5. The van der Waals surface area contributed by atoms with Gasteiger partial charge in [-0.05, 0) is 42.0 Å². The van der Waals surface area contributed by atoms with Crippen molar-refractivity contribution in [2.75, 3.05) is 7.11 Å². The standard InChI is InChI=1S/C16H15ClN2O3/c1-22-10-11-3-2-4-13(9-11)16(21)19-18-15(20)12-5-7-14(17)8-6-12/h2-9H,10H2,1H3,(H,18,20)(H,19,21). The van der Waals surface area contributed by atoms with Crippen LogP contribution in [0.15, 0.2) is 48.5 Å². The summed E-state index contributed by atoms with van der Waals surface area (Å²) in [5.41, 5.74) is 6.44. The van der Waals surface area contributed by atoms with Crippen LogP contribution in [0.5, 0.6) is 0 Å². The van der Waals surface area contributed by atoms with E-state index in [4.69, 9.17) is 16.3 Å². The molecule has 2 amide bonds. The summed E-state index contributed by atoms with van der Waals surface area (Å²) in [5, 5.41) is 0.538. The van der Waals surface area contributed by atoms with E-state index in [9.17, 15) is 9.59 Å². The Bertz CT molecular complexity index is 671. The molecule has 6 heteroatoms. The summed E-state index contributed by atoms with van der Waals surface area (Å²) >= 11 is 5.75. The summed E-state index contributed by atoms with van der Waals surface area (Å²) in [6, 6.07) is 13.3. The molecule has 0 bridgehead atoms. The molecule has 2 rings (SSSR count). The van der Waals surface area contributed by atoms with E-state index in [1.54, 1.807) is 49.6 Å². The van der Waals surface area contributed by atoms with Crippen molar-refractivity contribution in [3.8, 4) is 0 Å². The van der Waals surface area contributed by atoms with Gasteiger partial charge in [-0.25, -0.2) is 0 Å². The Morgan fingerprint density at radius 2 is 1.64 bits per heavy atom. The second-order valence-electron chi connectivity index (χ2n) is 4.55. The van der Waals surface area contributed by atoms with Crippen LogP contribution >= 0.6 is 11.6 Å². The summed E-state index contributed by atoms with van der Waals surface area (Å²) in [5.74, 6) is -0.821. The molecule has 0 atom stereocenters. The van der Waals surface area contributed by atoms with Crippen molar-refractivity contribution in [3.05, 3.63) is 70.2 Å². The quantitative estimate of drug-likeness (QED) is 0.851. The molecule has 2 aromatic carbocycles. The molecular formula is C16H15ClN2O3. The van der Waals surface area contributed by atoms with E-state index < -0.39 is 11.8 Å². The van der Waals surface area contributed by atoms with Crippen molar-refractivity contribution in [3.63, 3.8) is 0 Å². The molecule has 5 nitrogen and oxygen atoms in total. The summed E-state index contributed by atoms with van der Waals surface area (Å²) < 4.78 is 5.02. The van der Waals surface area contributed by atoms with Crippen molar-refractivity contribution >= 4 is 23.4 Å². The molecule has 0 fully saturated rings. The third kappa shape index (κ3) is 4.31. The number of hydrogen-bond acceptors (Lipinski definition) is 3. The summed E-state index contributed by atoms with van der Waals surface area (Å²) in [4.78, 5) is 23.9. The average molecular weight is 319 g/mol. The van der Waals surface area contributed by atoms with E-state index in [0.29, 0.717) is 22.8 Å². The predicted octanol–water partition coefficient (Wildman–Crippen LogP) is 2.56. The third-order valence-electron chi connectivity index (χ3n) is 2.90. The molecule has 2 aromatic rings. The zero-order chi connectivity index (χ0) is 15.9. The largest absolute Gasteiger partial charge is 0.380 e. The fourth-order valence-electron chi connectivity index (χ4n) is 1.83. The Balaban J connectivity index is 1.96. The van der Waals surface area contributed by atoms with Gasteiger partial charge >= 0.3 is 0 Å². The topological polar surface area (TPSA) is 67.4 Å². The molecule has 0 radical (unpaired) electrons. The first kappa shape index (κ1) is 16.0. The van der Waals surface area contributed by atoms with Gasteiger partial charge in [0, 0.05) is 23.3 Å². The Morgan fingerprint density at radius 1 is 1.00 bits per heavy atom. The van der Waals surface area contributed by atoms with E-state index in [0.717, 1.165) is 5.56 Å². The Kier molecular flexibility index (Phi) is 5.52. The number of methoxy groups -OCH3 is 1. The fourth-order valence-corrected chi connectivity index (χ4v) is 1.95. The molecule has 0 aromatic heterocycles. The highest BCUT2D eigenvalue weighted by Crippen LogP contribution is 2.09. The zero-order valence-electron chi connectivity index (χ0n) is 11.9. The van der Waals surface area contributed by atoms with Crippen LogP contribution in [0.3, 0.4) is 0 Å². The van der Waals surface area contributed by atoms with E-state index in [2.05, 4.69) is 10.9 Å². The molecule has 114 valence electrons. The highest BCUT2D eigenvalue weighted by Gasteiger charge is 2.09. The summed E-state index contributed by atoms with van der Waals surface area (Å²) in [6.07, 6.45) is 0. The molecule has 0 aliphatic rings. The van der Waals surface area contributed by atoms with Gasteiger partial charge in [0.25, 0.3) is 11.8 Å².